The van der Waals surface area contributed by atoms with Crippen LogP contribution in [0.15, 0.2) is 36.4 Å². The number of hydrogen-bond acceptors (Lipinski definition) is 4. The lowest BCUT2D eigenvalue weighted by molar-refractivity contribution is 0.00689. The molecule has 0 radical (unpaired) electrons. The van der Waals surface area contributed by atoms with Crippen LogP contribution in [0, 0.1) is 0 Å². The molecule has 31 heavy (non-hydrogen) atoms. The van der Waals surface area contributed by atoms with Gasteiger partial charge in [-0.15, -0.1) is 0 Å². The second-order valence-electron chi connectivity index (χ2n) is 10.3. The van der Waals surface area contributed by atoms with Gasteiger partial charge in [0.25, 0.3) is 0 Å². The summed E-state index contributed by atoms with van der Waals surface area (Å²) in [6.07, 6.45) is 5.28. The molecule has 4 nitrogen and oxygen atoms in total. The molecule has 2 aliphatic carbocycles. The Labute approximate surface area is 186 Å². The Kier molecular flexibility index (Phi) is 6.00. The predicted octanol–water partition coefficient (Wildman–Crippen LogP) is 6.80. The minimum Gasteiger partial charge on any atom is -0.489 e. The molecule has 2 aromatic carbocycles. The average Bonchev–Trinajstić information content (AvgIpc) is 3.57. The topological polar surface area (TPSA) is 47.6 Å². The highest BCUT2D eigenvalue weighted by atomic mass is 16.6. The molecule has 0 amide bonds. The van der Waals surface area contributed by atoms with E-state index in [0.717, 1.165) is 24.1 Å². The van der Waals surface area contributed by atoms with E-state index in [0.29, 0.717) is 11.3 Å². The third-order valence-corrected chi connectivity index (χ3v) is 5.60. The van der Waals surface area contributed by atoms with Crippen molar-refractivity contribution < 1.29 is 14.3 Å². The second-order valence-corrected chi connectivity index (χ2v) is 10.3. The van der Waals surface area contributed by atoms with Crippen molar-refractivity contribution in [1.82, 2.24) is 0 Å². The van der Waals surface area contributed by atoms with Gasteiger partial charge in [0, 0.05) is 6.54 Å². The van der Waals surface area contributed by atoms with Crippen LogP contribution < -0.4 is 10.1 Å². The van der Waals surface area contributed by atoms with Crippen molar-refractivity contribution in [3.8, 4) is 5.75 Å². The Morgan fingerprint density at radius 2 is 1.61 bits per heavy atom. The maximum atomic E-state index is 12.5. The Morgan fingerprint density at radius 3 is 2.13 bits per heavy atom. The molecule has 2 aromatic rings. The molecule has 0 spiro atoms. The minimum atomic E-state index is -0.529. The number of esters is 1. The van der Waals surface area contributed by atoms with E-state index < -0.39 is 5.60 Å². The van der Waals surface area contributed by atoms with E-state index in [2.05, 4.69) is 23.5 Å². The number of hydrogen-bond donors (Lipinski definition) is 1. The highest BCUT2D eigenvalue weighted by molar-refractivity contribution is 5.91. The Bertz CT molecular complexity index is 919. The summed E-state index contributed by atoms with van der Waals surface area (Å²) in [5, 5.41) is 3.55. The first-order valence-electron chi connectivity index (χ1n) is 11.6. The summed E-state index contributed by atoms with van der Waals surface area (Å²) in [4.78, 5) is 12.5. The van der Waals surface area contributed by atoms with Crippen LogP contribution >= 0.6 is 0 Å². The molecule has 1 N–H and O–H groups in total. The van der Waals surface area contributed by atoms with Gasteiger partial charge >= 0.3 is 5.97 Å². The van der Waals surface area contributed by atoms with Crippen molar-refractivity contribution in [2.24, 2.45) is 0 Å². The van der Waals surface area contributed by atoms with Crippen LogP contribution in [0.5, 0.6) is 5.75 Å². The molecular formula is C27H35NO3. The maximum absolute atomic E-state index is 12.5. The fourth-order valence-electron chi connectivity index (χ4n) is 3.83. The molecule has 166 valence electrons. The van der Waals surface area contributed by atoms with Gasteiger partial charge in [-0.05, 0) is 107 Å². The highest BCUT2D eigenvalue weighted by Crippen LogP contribution is 2.45. The number of benzene rings is 2. The first-order chi connectivity index (χ1) is 14.7. The molecule has 4 heteroatoms. The normalized spacial score (nSPS) is 16.3. The van der Waals surface area contributed by atoms with Gasteiger partial charge < -0.3 is 14.8 Å². The molecule has 0 unspecified atom stereocenters. The largest absolute Gasteiger partial charge is 0.489 e. The van der Waals surface area contributed by atoms with Crippen LogP contribution in [0.25, 0.3) is 0 Å². The monoisotopic (exact) mass is 421 g/mol. The van der Waals surface area contributed by atoms with Crippen molar-refractivity contribution in [3.05, 3.63) is 58.7 Å². The summed E-state index contributed by atoms with van der Waals surface area (Å²) in [6, 6.07) is 12.7. The number of anilines is 1. The summed E-state index contributed by atoms with van der Waals surface area (Å²) >= 11 is 0. The summed E-state index contributed by atoms with van der Waals surface area (Å²) in [5.41, 5.74) is 5.19. The summed E-state index contributed by atoms with van der Waals surface area (Å²) in [6.45, 7) is 10.3. The number of carbonyl (C=O) groups is 1. The second kappa shape index (κ2) is 8.57. The van der Waals surface area contributed by atoms with Crippen LogP contribution in [0.1, 0.15) is 99.2 Å². The van der Waals surface area contributed by atoms with E-state index in [1.54, 1.807) is 12.1 Å². The van der Waals surface area contributed by atoms with Gasteiger partial charge in [0.2, 0.25) is 0 Å². The molecule has 2 aliphatic rings. The zero-order chi connectivity index (χ0) is 22.2. The van der Waals surface area contributed by atoms with E-state index in [9.17, 15) is 4.79 Å². The van der Waals surface area contributed by atoms with Gasteiger partial charge in [0.15, 0.2) is 0 Å². The highest BCUT2D eigenvalue weighted by Gasteiger charge is 2.28. The van der Waals surface area contributed by atoms with Gasteiger partial charge in [-0.2, -0.15) is 0 Å². The molecular weight excluding hydrogens is 386 g/mol. The van der Waals surface area contributed by atoms with Crippen molar-refractivity contribution in [2.75, 3.05) is 5.32 Å². The summed E-state index contributed by atoms with van der Waals surface area (Å²) < 4.78 is 11.5. The van der Waals surface area contributed by atoms with E-state index in [-0.39, 0.29) is 12.1 Å². The van der Waals surface area contributed by atoms with Gasteiger partial charge in [0.05, 0.1) is 17.4 Å². The van der Waals surface area contributed by atoms with E-state index in [1.165, 1.54) is 42.4 Å². The Morgan fingerprint density at radius 1 is 1.00 bits per heavy atom. The van der Waals surface area contributed by atoms with Crippen molar-refractivity contribution in [2.45, 2.75) is 90.4 Å². The van der Waals surface area contributed by atoms with E-state index >= 15 is 0 Å². The number of nitrogens with one attached hydrogen (secondary N) is 1. The van der Waals surface area contributed by atoms with Crippen LogP contribution in [-0.4, -0.2) is 17.7 Å². The lowest BCUT2D eigenvalue weighted by Gasteiger charge is -2.21. The summed E-state index contributed by atoms with van der Waals surface area (Å²) in [5.74, 6) is 1.86. The van der Waals surface area contributed by atoms with Crippen molar-refractivity contribution >= 4 is 11.7 Å². The van der Waals surface area contributed by atoms with Crippen LogP contribution in [0.4, 0.5) is 5.69 Å². The number of ether oxygens (including phenoxy) is 2. The fourth-order valence-corrected chi connectivity index (χ4v) is 3.83. The number of carbonyl (C=O) groups excluding carboxylic acids is 1. The van der Waals surface area contributed by atoms with Crippen molar-refractivity contribution in [1.29, 1.82) is 0 Å². The maximum Gasteiger partial charge on any atom is 0.338 e. The van der Waals surface area contributed by atoms with Crippen LogP contribution in [0.2, 0.25) is 0 Å². The van der Waals surface area contributed by atoms with Gasteiger partial charge in [-0.25, -0.2) is 4.79 Å². The Hall–Kier alpha value is -2.49. The molecule has 0 aromatic heterocycles. The average molecular weight is 422 g/mol. The molecule has 0 saturated heterocycles. The lowest BCUT2D eigenvalue weighted by atomic mass is 10.00. The van der Waals surface area contributed by atoms with E-state index in [4.69, 9.17) is 9.47 Å². The van der Waals surface area contributed by atoms with Gasteiger partial charge in [0.1, 0.15) is 11.4 Å². The predicted molar refractivity (Wildman–Crippen MR) is 125 cm³/mol. The standard InChI is InChI=1S/C27H35NO3/c1-17(2)30-25-15-21(26(29)31-27(3,4)5)10-11-24(25)28-16-18-12-22(19-6-7-19)14-23(13-18)20-8-9-20/h10-15,17,19-20,28H,6-9,16H2,1-5H3. The number of rotatable bonds is 8. The lowest BCUT2D eigenvalue weighted by Crippen LogP contribution is -2.24. The van der Waals surface area contributed by atoms with Crippen molar-refractivity contribution in [3.63, 3.8) is 0 Å². The quantitative estimate of drug-likeness (QED) is 0.476. The zero-order valence-corrected chi connectivity index (χ0v) is 19.5. The summed E-state index contributed by atoms with van der Waals surface area (Å²) in [7, 11) is 0. The zero-order valence-electron chi connectivity index (χ0n) is 19.5. The molecule has 4 rings (SSSR count). The molecule has 2 saturated carbocycles. The van der Waals surface area contributed by atoms with Crippen LogP contribution in [-0.2, 0) is 11.3 Å². The Balaban J connectivity index is 1.53. The molecule has 0 aliphatic heterocycles. The van der Waals surface area contributed by atoms with Gasteiger partial charge in [-0.1, -0.05) is 18.2 Å². The van der Waals surface area contributed by atoms with Gasteiger partial charge in [-0.3, -0.25) is 0 Å². The molecule has 0 heterocycles. The first kappa shape index (κ1) is 21.7. The molecule has 2 fully saturated rings. The fraction of sp³-hybridized carbons (Fsp3) is 0.519. The van der Waals surface area contributed by atoms with E-state index in [1.807, 2.05) is 40.7 Å². The SMILES string of the molecule is CC(C)Oc1cc(C(=O)OC(C)(C)C)ccc1NCc1cc(C2CC2)cc(C2CC2)c1. The molecule has 0 bridgehead atoms. The molecule has 0 atom stereocenters. The van der Waals surface area contributed by atoms with Crippen LogP contribution in [0.3, 0.4) is 0 Å². The minimum absolute atomic E-state index is 0.00843. The first-order valence-corrected chi connectivity index (χ1v) is 11.6. The third-order valence-electron chi connectivity index (χ3n) is 5.60. The smallest absolute Gasteiger partial charge is 0.338 e. The third kappa shape index (κ3) is 6.03.